The van der Waals surface area contributed by atoms with Crippen molar-refractivity contribution in [3.05, 3.63) is 5.56 Å². The average Bonchev–Trinajstić information content (AvgIpc) is 3.28. The van der Waals surface area contributed by atoms with Crippen LogP contribution in [0.25, 0.3) is 0 Å². The van der Waals surface area contributed by atoms with Gasteiger partial charge in [-0.15, -0.1) is 0 Å². The molecule has 3 rings (SSSR count). The highest BCUT2D eigenvalue weighted by Gasteiger charge is 2.28. The zero-order chi connectivity index (χ0) is 14.8. The summed E-state index contributed by atoms with van der Waals surface area (Å²) >= 11 is 0. The predicted octanol–water partition coefficient (Wildman–Crippen LogP) is 2.58. The van der Waals surface area contributed by atoms with Crippen molar-refractivity contribution in [1.82, 2.24) is 9.78 Å². The largest absolute Gasteiger partial charge is 0.465 e. The fourth-order valence-electron chi connectivity index (χ4n) is 3.04. The van der Waals surface area contributed by atoms with E-state index >= 15 is 0 Å². The number of hydrogen-bond acceptors (Lipinski definition) is 5. The van der Waals surface area contributed by atoms with Crippen LogP contribution in [0.4, 0.5) is 11.6 Å². The number of nitrogens with two attached hydrogens (primary N) is 1. The molecule has 2 aliphatic rings. The van der Waals surface area contributed by atoms with E-state index in [1.165, 1.54) is 39.2 Å². The van der Waals surface area contributed by atoms with Gasteiger partial charge in [0.2, 0.25) is 0 Å². The maximum absolute atomic E-state index is 12.0. The second-order valence-electron chi connectivity index (χ2n) is 6.16. The molecule has 0 amide bonds. The number of hydrogen-bond donors (Lipinski definition) is 2. The Hall–Kier alpha value is -1.72. The van der Waals surface area contributed by atoms with Gasteiger partial charge < -0.3 is 15.8 Å². The summed E-state index contributed by atoms with van der Waals surface area (Å²) < 4.78 is 6.70. The number of anilines is 2. The van der Waals surface area contributed by atoms with E-state index in [1.807, 2.05) is 4.68 Å². The van der Waals surface area contributed by atoms with Crippen molar-refractivity contribution in [3.63, 3.8) is 0 Å². The van der Waals surface area contributed by atoms with Crippen molar-refractivity contribution in [3.8, 4) is 0 Å². The molecule has 2 aliphatic carbocycles. The van der Waals surface area contributed by atoms with Crippen molar-refractivity contribution in [1.29, 1.82) is 0 Å². The SMILES string of the molecule is COC(=O)c1c(NCC2CC2)nn(C2CCCCC2)c1N. The van der Waals surface area contributed by atoms with Crippen LogP contribution in [0.3, 0.4) is 0 Å². The summed E-state index contributed by atoms with van der Waals surface area (Å²) in [6.07, 6.45) is 8.32. The third kappa shape index (κ3) is 2.99. The number of carbonyl (C=O) groups excluding carboxylic acids is 1. The van der Waals surface area contributed by atoms with Crippen molar-refractivity contribution in [2.24, 2.45) is 5.92 Å². The maximum Gasteiger partial charge on any atom is 0.345 e. The summed E-state index contributed by atoms with van der Waals surface area (Å²) in [5.41, 5.74) is 6.59. The number of nitrogens with one attached hydrogen (secondary N) is 1. The average molecular weight is 292 g/mol. The molecule has 0 aromatic carbocycles. The van der Waals surface area contributed by atoms with Crippen molar-refractivity contribution >= 4 is 17.6 Å². The van der Waals surface area contributed by atoms with E-state index in [4.69, 9.17) is 10.5 Å². The number of carbonyl (C=O) groups is 1. The van der Waals surface area contributed by atoms with Gasteiger partial charge in [0, 0.05) is 6.54 Å². The Balaban J connectivity index is 1.86. The fourth-order valence-corrected chi connectivity index (χ4v) is 3.04. The minimum Gasteiger partial charge on any atom is -0.465 e. The van der Waals surface area contributed by atoms with Gasteiger partial charge in [0.25, 0.3) is 0 Å². The number of methoxy groups -OCH3 is 1. The monoisotopic (exact) mass is 292 g/mol. The van der Waals surface area contributed by atoms with E-state index < -0.39 is 5.97 Å². The predicted molar refractivity (Wildman–Crippen MR) is 81.3 cm³/mol. The molecule has 0 bridgehead atoms. The van der Waals surface area contributed by atoms with Crippen LogP contribution in [0.2, 0.25) is 0 Å². The molecule has 116 valence electrons. The first-order chi connectivity index (χ1) is 10.2. The molecule has 0 unspecified atom stereocenters. The van der Waals surface area contributed by atoms with Crippen LogP contribution in [0.15, 0.2) is 0 Å². The first-order valence-corrected chi connectivity index (χ1v) is 7.91. The maximum atomic E-state index is 12.0. The Labute approximate surface area is 125 Å². The molecule has 21 heavy (non-hydrogen) atoms. The van der Waals surface area contributed by atoms with Crippen molar-refractivity contribution < 1.29 is 9.53 Å². The van der Waals surface area contributed by atoms with E-state index in [2.05, 4.69) is 10.4 Å². The van der Waals surface area contributed by atoms with Gasteiger partial charge in [-0.05, 0) is 31.6 Å². The molecule has 0 spiro atoms. The number of nitrogens with zero attached hydrogens (tertiary/aromatic N) is 2. The fraction of sp³-hybridized carbons (Fsp3) is 0.733. The third-order valence-corrected chi connectivity index (χ3v) is 4.51. The first-order valence-electron chi connectivity index (χ1n) is 7.91. The van der Waals surface area contributed by atoms with Gasteiger partial charge in [0.05, 0.1) is 13.2 Å². The molecule has 1 aromatic rings. The van der Waals surface area contributed by atoms with Crippen LogP contribution >= 0.6 is 0 Å². The standard InChI is InChI=1S/C15H24N4O2/c1-21-15(20)12-13(16)19(11-5-3-2-4-6-11)18-14(12)17-9-10-7-8-10/h10-11H,2-9,16H2,1H3,(H,17,18). The van der Waals surface area contributed by atoms with Crippen molar-refractivity contribution in [2.75, 3.05) is 24.7 Å². The highest BCUT2D eigenvalue weighted by atomic mass is 16.5. The summed E-state index contributed by atoms with van der Waals surface area (Å²) in [7, 11) is 1.38. The zero-order valence-electron chi connectivity index (χ0n) is 12.6. The molecular formula is C15H24N4O2. The Morgan fingerprint density at radius 2 is 2.05 bits per heavy atom. The van der Waals surface area contributed by atoms with Crippen LogP contribution in [-0.2, 0) is 4.74 Å². The zero-order valence-corrected chi connectivity index (χ0v) is 12.6. The Morgan fingerprint density at radius 3 is 2.67 bits per heavy atom. The van der Waals surface area contributed by atoms with E-state index in [9.17, 15) is 4.79 Å². The second kappa shape index (κ2) is 5.95. The quantitative estimate of drug-likeness (QED) is 0.815. The molecule has 0 radical (unpaired) electrons. The lowest BCUT2D eigenvalue weighted by atomic mass is 9.96. The Morgan fingerprint density at radius 1 is 1.33 bits per heavy atom. The number of nitrogen functional groups attached to an aromatic ring is 1. The Kier molecular flexibility index (Phi) is 4.03. The summed E-state index contributed by atoms with van der Waals surface area (Å²) in [5, 5.41) is 7.86. The summed E-state index contributed by atoms with van der Waals surface area (Å²) in [4.78, 5) is 12.0. The molecule has 1 aromatic heterocycles. The molecule has 0 atom stereocenters. The van der Waals surface area contributed by atoms with E-state index in [1.54, 1.807) is 0 Å². The van der Waals surface area contributed by atoms with Gasteiger partial charge in [-0.1, -0.05) is 19.3 Å². The summed E-state index contributed by atoms with van der Waals surface area (Å²) in [6, 6.07) is 0.304. The van der Waals surface area contributed by atoms with E-state index in [-0.39, 0.29) is 0 Å². The summed E-state index contributed by atoms with van der Waals surface area (Å²) in [5.74, 6) is 1.31. The molecule has 0 saturated heterocycles. The van der Waals surface area contributed by atoms with Gasteiger partial charge in [-0.3, -0.25) is 0 Å². The molecule has 3 N–H and O–H groups in total. The van der Waals surface area contributed by atoms with Crippen LogP contribution in [-0.4, -0.2) is 29.4 Å². The number of rotatable bonds is 5. The molecule has 2 fully saturated rings. The third-order valence-electron chi connectivity index (χ3n) is 4.51. The lowest BCUT2D eigenvalue weighted by Gasteiger charge is -2.22. The minimum absolute atomic E-state index is 0.304. The second-order valence-corrected chi connectivity index (χ2v) is 6.16. The van der Waals surface area contributed by atoms with Crippen LogP contribution in [0.5, 0.6) is 0 Å². The normalized spacial score (nSPS) is 19.5. The van der Waals surface area contributed by atoms with Gasteiger partial charge in [-0.25, -0.2) is 9.48 Å². The Bertz CT molecular complexity index is 516. The van der Waals surface area contributed by atoms with Crippen LogP contribution < -0.4 is 11.1 Å². The van der Waals surface area contributed by atoms with Gasteiger partial charge in [0.15, 0.2) is 5.82 Å². The molecule has 6 nitrogen and oxygen atoms in total. The van der Waals surface area contributed by atoms with Gasteiger partial charge in [0.1, 0.15) is 11.4 Å². The molecule has 2 saturated carbocycles. The minimum atomic E-state index is -0.409. The lowest BCUT2D eigenvalue weighted by molar-refractivity contribution is 0.0603. The molecular weight excluding hydrogens is 268 g/mol. The number of ether oxygens (including phenoxy) is 1. The van der Waals surface area contributed by atoms with Gasteiger partial charge >= 0.3 is 5.97 Å². The lowest BCUT2D eigenvalue weighted by Crippen LogP contribution is -2.17. The highest BCUT2D eigenvalue weighted by molar-refractivity contribution is 5.99. The smallest absolute Gasteiger partial charge is 0.345 e. The molecule has 6 heteroatoms. The van der Waals surface area contributed by atoms with Crippen molar-refractivity contribution in [2.45, 2.75) is 51.0 Å². The molecule has 1 heterocycles. The van der Waals surface area contributed by atoms with E-state index in [0.29, 0.717) is 29.2 Å². The summed E-state index contributed by atoms with van der Waals surface area (Å²) in [6.45, 7) is 0.852. The first kappa shape index (κ1) is 14.2. The number of esters is 1. The molecule has 0 aliphatic heterocycles. The van der Waals surface area contributed by atoms with Gasteiger partial charge in [-0.2, -0.15) is 5.10 Å². The van der Waals surface area contributed by atoms with E-state index in [0.717, 1.165) is 19.4 Å². The highest BCUT2D eigenvalue weighted by Crippen LogP contribution is 2.34. The number of aromatic nitrogens is 2. The van der Waals surface area contributed by atoms with Crippen LogP contribution in [0.1, 0.15) is 61.3 Å². The van der Waals surface area contributed by atoms with Crippen LogP contribution in [0, 0.1) is 5.92 Å². The topological polar surface area (TPSA) is 82.2 Å².